The van der Waals surface area contributed by atoms with Crippen molar-refractivity contribution in [1.29, 1.82) is 0 Å². The number of hydrogen-bond donors (Lipinski definition) is 1. The molecule has 0 aliphatic carbocycles. The molecule has 0 spiro atoms. The highest BCUT2D eigenvalue weighted by Gasteiger charge is 2.29. The van der Waals surface area contributed by atoms with E-state index in [1.165, 1.54) is 5.56 Å². The van der Waals surface area contributed by atoms with Crippen molar-refractivity contribution in [2.45, 2.75) is 31.9 Å². The van der Waals surface area contributed by atoms with Crippen LogP contribution in [-0.4, -0.2) is 18.8 Å². The minimum atomic E-state index is 0.0657. The number of hydrogen-bond acceptors (Lipinski definition) is 2. The van der Waals surface area contributed by atoms with E-state index in [-0.39, 0.29) is 12.1 Å². The molecule has 0 saturated carbocycles. The fourth-order valence-corrected chi connectivity index (χ4v) is 2.53. The Hall–Kier alpha value is -0.570. The minimum Gasteiger partial charge on any atom is -0.376 e. The summed E-state index contributed by atoms with van der Waals surface area (Å²) in [6.45, 7) is 3.05. The number of benzene rings is 1. The molecule has 0 amide bonds. The topological polar surface area (TPSA) is 35.2 Å². The Morgan fingerprint density at radius 3 is 3.00 bits per heavy atom. The molecular weight excluding hydrogens is 222 g/mol. The first-order chi connectivity index (χ1) is 7.66. The molecule has 1 aromatic carbocycles. The molecule has 2 rings (SSSR count). The van der Waals surface area contributed by atoms with Gasteiger partial charge in [0, 0.05) is 17.7 Å². The van der Waals surface area contributed by atoms with Crippen LogP contribution in [0.15, 0.2) is 24.3 Å². The van der Waals surface area contributed by atoms with Crippen LogP contribution in [0.4, 0.5) is 0 Å². The summed E-state index contributed by atoms with van der Waals surface area (Å²) in [5, 5.41) is 0.769. The lowest BCUT2D eigenvalue weighted by Crippen LogP contribution is -2.39. The predicted molar refractivity (Wildman–Crippen MR) is 66.7 cm³/mol. The van der Waals surface area contributed by atoms with Gasteiger partial charge in [0.15, 0.2) is 0 Å². The molecule has 16 heavy (non-hydrogen) atoms. The standard InChI is InChI=1S/C13H18ClNO/c1-9-5-6-16-13(9)12(15)8-10-3-2-4-11(14)7-10/h2-4,7,9,12-13H,5-6,8,15H2,1H3. The highest BCUT2D eigenvalue weighted by Crippen LogP contribution is 2.24. The van der Waals surface area contributed by atoms with Gasteiger partial charge in [-0.15, -0.1) is 0 Å². The van der Waals surface area contributed by atoms with Crippen molar-refractivity contribution in [1.82, 2.24) is 0 Å². The average molecular weight is 240 g/mol. The second-order valence-corrected chi connectivity index (χ2v) is 5.04. The lowest BCUT2D eigenvalue weighted by Gasteiger charge is -2.22. The first kappa shape index (κ1) is 11.9. The molecule has 1 saturated heterocycles. The summed E-state index contributed by atoms with van der Waals surface area (Å²) < 4.78 is 5.67. The van der Waals surface area contributed by atoms with E-state index < -0.39 is 0 Å². The van der Waals surface area contributed by atoms with Crippen molar-refractivity contribution in [2.75, 3.05) is 6.61 Å². The lowest BCUT2D eigenvalue weighted by atomic mass is 9.94. The zero-order chi connectivity index (χ0) is 11.5. The summed E-state index contributed by atoms with van der Waals surface area (Å²) in [4.78, 5) is 0. The number of rotatable bonds is 3. The smallest absolute Gasteiger partial charge is 0.0755 e. The Morgan fingerprint density at radius 2 is 2.38 bits per heavy atom. The Balaban J connectivity index is 1.99. The molecule has 88 valence electrons. The van der Waals surface area contributed by atoms with Gasteiger partial charge in [-0.2, -0.15) is 0 Å². The average Bonchev–Trinajstić information content (AvgIpc) is 2.64. The maximum absolute atomic E-state index is 6.18. The third kappa shape index (κ3) is 2.76. The molecule has 1 aliphatic rings. The highest BCUT2D eigenvalue weighted by atomic mass is 35.5. The van der Waals surface area contributed by atoms with Crippen molar-refractivity contribution >= 4 is 11.6 Å². The van der Waals surface area contributed by atoms with E-state index in [4.69, 9.17) is 22.1 Å². The van der Waals surface area contributed by atoms with E-state index in [0.29, 0.717) is 5.92 Å². The molecule has 1 aromatic rings. The molecule has 0 bridgehead atoms. The zero-order valence-electron chi connectivity index (χ0n) is 9.53. The summed E-state index contributed by atoms with van der Waals surface area (Å²) in [6, 6.07) is 7.94. The maximum Gasteiger partial charge on any atom is 0.0755 e. The molecule has 2 N–H and O–H groups in total. The maximum atomic E-state index is 6.18. The monoisotopic (exact) mass is 239 g/mol. The summed E-state index contributed by atoms with van der Waals surface area (Å²) in [5.74, 6) is 0.564. The van der Waals surface area contributed by atoms with Crippen LogP contribution in [0.1, 0.15) is 18.9 Å². The Kier molecular flexibility index (Phi) is 3.85. The zero-order valence-corrected chi connectivity index (χ0v) is 10.3. The predicted octanol–water partition coefficient (Wildman–Crippen LogP) is 2.63. The minimum absolute atomic E-state index is 0.0657. The molecule has 3 atom stereocenters. The van der Waals surface area contributed by atoms with Gasteiger partial charge in [-0.1, -0.05) is 30.7 Å². The van der Waals surface area contributed by atoms with Crippen LogP contribution in [-0.2, 0) is 11.2 Å². The van der Waals surface area contributed by atoms with Gasteiger partial charge in [0.25, 0.3) is 0 Å². The van der Waals surface area contributed by atoms with E-state index >= 15 is 0 Å². The Labute approximate surface area is 102 Å². The SMILES string of the molecule is CC1CCOC1C(N)Cc1cccc(Cl)c1. The summed E-state index contributed by atoms with van der Waals surface area (Å²) in [5.41, 5.74) is 7.37. The van der Waals surface area contributed by atoms with E-state index in [0.717, 1.165) is 24.5 Å². The van der Waals surface area contributed by atoms with Crippen molar-refractivity contribution in [3.8, 4) is 0 Å². The molecule has 3 unspecified atom stereocenters. The van der Waals surface area contributed by atoms with E-state index in [1.807, 2.05) is 18.2 Å². The largest absolute Gasteiger partial charge is 0.376 e. The van der Waals surface area contributed by atoms with Crippen molar-refractivity contribution in [2.24, 2.45) is 11.7 Å². The molecular formula is C13H18ClNO. The molecule has 0 radical (unpaired) electrons. The normalized spacial score (nSPS) is 26.9. The van der Waals surface area contributed by atoms with Gasteiger partial charge < -0.3 is 10.5 Å². The number of nitrogens with two attached hydrogens (primary N) is 1. The second-order valence-electron chi connectivity index (χ2n) is 4.60. The van der Waals surface area contributed by atoms with Crippen molar-refractivity contribution in [3.05, 3.63) is 34.9 Å². The van der Waals surface area contributed by atoms with E-state index in [1.54, 1.807) is 0 Å². The van der Waals surface area contributed by atoms with E-state index in [2.05, 4.69) is 13.0 Å². The van der Waals surface area contributed by atoms with Crippen LogP contribution in [0.25, 0.3) is 0 Å². The van der Waals surface area contributed by atoms with Gasteiger partial charge in [-0.25, -0.2) is 0 Å². The quantitative estimate of drug-likeness (QED) is 0.880. The second kappa shape index (κ2) is 5.17. The summed E-state index contributed by atoms with van der Waals surface area (Å²) >= 11 is 5.94. The molecule has 3 heteroatoms. The molecule has 2 nitrogen and oxygen atoms in total. The molecule has 1 heterocycles. The van der Waals surface area contributed by atoms with Crippen LogP contribution in [0, 0.1) is 5.92 Å². The fraction of sp³-hybridized carbons (Fsp3) is 0.538. The summed E-state index contributed by atoms with van der Waals surface area (Å²) in [7, 11) is 0. The first-order valence-electron chi connectivity index (χ1n) is 5.78. The Bertz CT molecular complexity index is 356. The molecule has 1 fully saturated rings. The van der Waals surface area contributed by atoms with Gasteiger partial charge in [0.1, 0.15) is 0 Å². The number of ether oxygens (including phenoxy) is 1. The van der Waals surface area contributed by atoms with Crippen LogP contribution in [0.2, 0.25) is 5.02 Å². The van der Waals surface area contributed by atoms with Crippen LogP contribution < -0.4 is 5.73 Å². The third-order valence-electron chi connectivity index (χ3n) is 3.23. The van der Waals surface area contributed by atoms with Gasteiger partial charge >= 0.3 is 0 Å². The Morgan fingerprint density at radius 1 is 1.56 bits per heavy atom. The number of halogens is 1. The van der Waals surface area contributed by atoms with Gasteiger partial charge in [-0.3, -0.25) is 0 Å². The lowest BCUT2D eigenvalue weighted by molar-refractivity contribution is 0.0726. The summed E-state index contributed by atoms with van der Waals surface area (Å²) in [6.07, 6.45) is 2.14. The van der Waals surface area contributed by atoms with Gasteiger partial charge in [-0.05, 0) is 36.5 Å². The fourth-order valence-electron chi connectivity index (χ4n) is 2.32. The van der Waals surface area contributed by atoms with Crippen LogP contribution in [0.5, 0.6) is 0 Å². The van der Waals surface area contributed by atoms with Crippen LogP contribution >= 0.6 is 11.6 Å². The molecule has 0 aromatic heterocycles. The third-order valence-corrected chi connectivity index (χ3v) is 3.46. The van der Waals surface area contributed by atoms with Crippen molar-refractivity contribution in [3.63, 3.8) is 0 Å². The van der Waals surface area contributed by atoms with Crippen molar-refractivity contribution < 1.29 is 4.74 Å². The highest BCUT2D eigenvalue weighted by molar-refractivity contribution is 6.30. The van der Waals surface area contributed by atoms with Gasteiger partial charge in [0.2, 0.25) is 0 Å². The van der Waals surface area contributed by atoms with E-state index in [9.17, 15) is 0 Å². The van der Waals surface area contributed by atoms with Gasteiger partial charge in [0.05, 0.1) is 6.10 Å². The van der Waals surface area contributed by atoms with Crippen LogP contribution in [0.3, 0.4) is 0 Å². The molecule has 1 aliphatic heterocycles. The first-order valence-corrected chi connectivity index (χ1v) is 6.16.